The summed E-state index contributed by atoms with van der Waals surface area (Å²) in [6, 6.07) is 5.45. The summed E-state index contributed by atoms with van der Waals surface area (Å²) in [5.74, 6) is 2.65. The van der Waals surface area contributed by atoms with Gasteiger partial charge in [0, 0.05) is 50.4 Å². The van der Waals surface area contributed by atoms with Crippen molar-refractivity contribution in [3.05, 3.63) is 23.2 Å². The van der Waals surface area contributed by atoms with Gasteiger partial charge in [0.05, 0.1) is 32.5 Å². The summed E-state index contributed by atoms with van der Waals surface area (Å²) in [5.41, 5.74) is 6.05. The molecule has 9 nitrogen and oxygen atoms in total. The first kappa shape index (κ1) is 21.7. The Morgan fingerprint density at radius 3 is 2.32 bits per heavy atom. The van der Waals surface area contributed by atoms with Crippen molar-refractivity contribution in [1.29, 1.82) is 0 Å². The van der Waals surface area contributed by atoms with Gasteiger partial charge in [-0.15, -0.1) is 0 Å². The van der Waals surface area contributed by atoms with Crippen molar-refractivity contribution in [3.8, 4) is 23.1 Å². The highest BCUT2D eigenvalue weighted by Gasteiger charge is 2.27. The predicted molar refractivity (Wildman–Crippen MR) is 119 cm³/mol. The second-order valence-electron chi connectivity index (χ2n) is 7.54. The normalized spacial score (nSPS) is 18.1. The molecule has 0 atom stereocenters. The SMILES string of the molecule is COc1cc(Cl)c(Oc2cc(N)nc(N3CCC(N4CCOCC4)CC3)n2)cc1OC. The summed E-state index contributed by atoms with van der Waals surface area (Å²) < 4.78 is 22.0. The Morgan fingerprint density at radius 2 is 1.65 bits per heavy atom. The largest absolute Gasteiger partial charge is 0.493 e. The van der Waals surface area contributed by atoms with Crippen molar-refractivity contribution in [2.75, 3.05) is 64.2 Å². The van der Waals surface area contributed by atoms with Crippen LogP contribution in [0.15, 0.2) is 18.2 Å². The highest BCUT2D eigenvalue weighted by atomic mass is 35.5. The van der Waals surface area contributed by atoms with Gasteiger partial charge in [0.2, 0.25) is 11.8 Å². The van der Waals surface area contributed by atoms with Crippen LogP contribution in [-0.4, -0.2) is 74.5 Å². The van der Waals surface area contributed by atoms with Gasteiger partial charge in [-0.1, -0.05) is 11.6 Å². The van der Waals surface area contributed by atoms with Gasteiger partial charge < -0.3 is 29.6 Å². The lowest BCUT2D eigenvalue weighted by molar-refractivity contribution is 0.0114. The molecule has 2 saturated heterocycles. The number of methoxy groups -OCH3 is 2. The maximum absolute atomic E-state index is 6.35. The number of halogens is 1. The Morgan fingerprint density at radius 1 is 0.968 bits per heavy atom. The van der Waals surface area contributed by atoms with E-state index in [1.807, 2.05) is 0 Å². The zero-order valence-corrected chi connectivity index (χ0v) is 18.6. The summed E-state index contributed by atoms with van der Waals surface area (Å²) in [4.78, 5) is 13.7. The van der Waals surface area contributed by atoms with E-state index in [1.165, 1.54) is 0 Å². The summed E-state index contributed by atoms with van der Waals surface area (Å²) in [5, 5.41) is 0.378. The summed E-state index contributed by atoms with van der Waals surface area (Å²) in [6.07, 6.45) is 2.10. The predicted octanol–water partition coefficient (Wildman–Crippen LogP) is 2.82. The first-order chi connectivity index (χ1) is 15.1. The van der Waals surface area contributed by atoms with Crippen molar-refractivity contribution in [2.24, 2.45) is 0 Å². The molecule has 0 amide bonds. The highest BCUT2D eigenvalue weighted by Crippen LogP contribution is 2.39. The molecular formula is C21H28ClN5O4. The van der Waals surface area contributed by atoms with Crippen LogP contribution in [0.2, 0.25) is 5.02 Å². The molecular weight excluding hydrogens is 422 g/mol. The lowest BCUT2D eigenvalue weighted by Crippen LogP contribution is -2.49. The third kappa shape index (κ3) is 5.06. The monoisotopic (exact) mass is 449 g/mol. The molecule has 2 aliphatic rings. The maximum Gasteiger partial charge on any atom is 0.230 e. The van der Waals surface area contributed by atoms with Gasteiger partial charge in [0.25, 0.3) is 0 Å². The van der Waals surface area contributed by atoms with Crippen LogP contribution in [0, 0.1) is 0 Å². The van der Waals surface area contributed by atoms with Crippen molar-refractivity contribution in [1.82, 2.24) is 14.9 Å². The molecule has 1 aromatic carbocycles. The number of nitrogens with zero attached hydrogens (tertiary/aromatic N) is 4. The van der Waals surface area contributed by atoms with Crippen molar-refractivity contribution in [2.45, 2.75) is 18.9 Å². The van der Waals surface area contributed by atoms with Crippen LogP contribution in [0.5, 0.6) is 23.1 Å². The van der Waals surface area contributed by atoms with Gasteiger partial charge in [0.1, 0.15) is 5.82 Å². The van der Waals surface area contributed by atoms with E-state index in [0.717, 1.165) is 52.2 Å². The number of hydrogen-bond donors (Lipinski definition) is 1. The number of aromatic nitrogens is 2. The zero-order chi connectivity index (χ0) is 21.8. The number of hydrogen-bond acceptors (Lipinski definition) is 9. The number of morpholine rings is 1. The van der Waals surface area contributed by atoms with E-state index in [-0.39, 0.29) is 0 Å². The zero-order valence-electron chi connectivity index (χ0n) is 17.8. The van der Waals surface area contributed by atoms with Crippen LogP contribution in [0.1, 0.15) is 12.8 Å². The van der Waals surface area contributed by atoms with Gasteiger partial charge >= 0.3 is 0 Å². The van der Waals surface area contributed by atoms with E-state index in [0.29, 0.717) is 46.0 Å². The van der Waals surface area contributed by atoms with E-state index < -0.39 is 0 Å². The standard InChI is InChI=1S/C21H28ClN5O4/c1-28-17-11-15(22)16(12-18(17)29-2)31-20-13-19(23)24-21(25-20)27-5-3-14(4-6-27)26-7-9-30-10-8-26/h11-14H,3-10H2,1-2H3,(H2,23,24,25). The van der Waals surface area contributed by atoms with E-state index in [2.05, 4.69) is 19.8 Å². The minimum absolute atomic E-state index is 0.326. The highest BCUT2D eigenvalue weighted by molar-refractivity contribution is 6.32. The topological polar surface area (TPSA) is 95.2 Å². The third-order valence-corrected chi connectivity index (χ3v) is 5.97. The molecule has 3 heterocycles. The molecule has 2 aliphatic heterocycles. The molecule has 4 rings (SSSR count). The number of nitrogen functional groups attached to an aromatic ring is 1. The minimum Gasteiger partial charge on any atom is -0.493 e. The molecule has 0 unspecified atom stereocenters. The molecule has 0 bridgehead atoms. The Balaban J connectivity index is 1.47. The number of benzene rings is 1. The number of anilines is 2. The number of nitrogens with two attached hydrogens (primary N) is 1. The molecule has 10 heteroatoms. The molecule has 2 aromatic rings. The summed E-state index contributed by atoms with van der Waals surface area (Å²) in [6.45, 7) is 5.37. The van der Waals surface area contributed by atoms with Gasteiger partial charge in [0.15, 0.2) is 17.2 Å². The average molecular weight is 450 g/mol. The molecule has 0 aliphatic carbocycles. The molecule has 168 valence electrons. The van der Waals surface area contributed by atoms with Gasteiger partial charge in [-0.2, -0.15) is 9.97 Å². The molecule has 31 heavy (non-hydrogen) atoms. The first-order valence-electron chi connectivity index (χ1n) is 10.4. The summed E-state index contributed by atoms with van der Waals surface area (Å²) in [7, 11) is 3.10. The van der Waals surface area contributed by atoms with Crippen LogP contribution < -0.4 is 24.8 Å². The molecule has 1 aromatic heterocycles. The van der Waals surface area contributed by atoms with E-state index in [9.17, 15) is 0 Å². The van der Waals surface area contributed by atoms with Crippen LogP contribution >= 0.6 is 11.6 Å². The van der Waals surface area contributed by atoms with Crippen LogP contribution in [0.3, 0.4) is 0 Å². The van der Waals surface area contributed by atoms with Crippen molar-refractivity contribution >= 4 is 23.4 Å². The van der Waals surface area contributed by atoms with Gasteiger partial charge in [-0.05, 0) is 12.8 Å². The Hall–Kier alpha value is -2.49. The van der Waals surface area contributed by atoms with Crippen LogP contribution in [0.4, 0.5) is 11.8 Å². The van der Waals surface area contributed by atoms with Crippen LogP contribution in [-0.2, 0) is 4.74 Å². The average Bonchev–Trinajstić information content (AvgIpc) is 2.80. The van der Waals surface area contributed by atoms with Crippen LogP contribution in [0.25, 0.3) is 0 Å². The maximum atomic E-state index is 6.35. The van der Waals surface area contributed by atoms with E-state index in [4.69, 9.17) is 36.3 Å². The smallest absolute Gasteiger partial charge is 0.230 e. The second kappa shape index (κ2) is 9.76. The molecule has 2 N–H and O–H groups in total. The van der Waals surface area contributed by atoms with Gasteiger partial charge in [-0.25, -0.2) is 0 Å². The third-order valence-electron chi connectivity index (χ3n) is 5.67. The molecule has 0 spiro atoms. The second-order valence-corrected chi connectivity index (χ2v) is 7.94. The first-order valence-corrected chi connectivity index (χ1v) is 10.8. The molecule has 0 radical (unpaired) electrons. The number of piperidine rings is 1. The quantitative estimate of drug-likeness (QED) is 0.714. The number of ether oxygens (including phenoxy) is 4. The Bertz CT molecular complexity index is 902. The molecule has 2 fully saturated rings. The molecule has 0 saturated carbocycles. The lowest BCUT2D eigenvalue weighted by atomic mass is 10.0. The fourth-order valence-electron chi connectivity index (χ4n) is 4.02. The fraction of sp³-hybridized carbons (Fsp3) is 0.524. The number of rotatable bonds is 6. The lowest BCUT2D eigenvalue weighted by Gasteiger charge is -2.40. The fourth-order valence-corrected chi connectivity index (χ4v) is 4.22. The van der Waals surface area contributed by atoms with E-state index >= 15 is 0 Å². The van der Waals surface area contributed by atoms with Crippen molar-refractivity contribution < 1.29 is 18.9 Å². The minimum atomic E-state index is 0.326. The Labute approximate surface area is 187 Å². The summed E-state index contributed by atoms with van der Waals surface area (Å²) >= 11 is 6.35. The van der Waals surface area contributed by atoms with Crippen molar-refractivity contribution in [3.63, 3.8) is 0 Å². The van der Waals surface area contributed by atoms with Gasteiger partial charge in [-0.3, -0.25) is 4.90 Å². The Kier molecular flexibility index (Phi) is 6.84. The van der Waals surface area contributed by atoms with E-state index in [1.54, 1.807) is 32.4 Å².